The van der Waals surface area contributed by atoms with Gasteiger partial charge in [0.1, 0.15) is 18.1 Å². The molecule has 0 unspecified atom stereocenters. The summed E-state index contributed by atoms with van der Waals surface area (Å²) in [6.45, 7) is 5.97. The maximum atomic E-state index is 12.8. The third-order valence-corrected chi connectivity index (χ3v) is 6.24. The number of nitrogens with zero attached hydrogens (tertiary/aromatic N) is 2. The molecule has 3 aromatic rings. The van der Waals surface area contributed by atoms with Crippen LogP contribution in [-0.4, -0.2) is 20.6 Å². The molecule has 0 saturated carbocycles. The number of sulfonamides is 1. The van der Waals surface area contributed by atoms with Gasteiger partial charge in [-0.2, -0.15) is 0 Å². The normalized spacial score (nSPS) is 11.4. The van der Waals surface area contributed by atoms with Crippen LogP contribution < -0.4 is 9.04 Å². The van der Waals surface area contributed by atoms with Crippen molar-refractivity contribution in [3.63, 3.8) is 0 Å². The maximum absolute atomic E-state index is 12.8. The van der Waals surface area contributed by atoms with Gasteiger partial charge in [0.15, 0.2) is 0 Å². The predicted molar refractivity (Wildman–Crippen MR) is 104 cm³/mol. The fourth-order valence-corrected chi connectivity index (χ4v) is 3.82. The Hall–Kier alpha value is -2.80. The Balaban J connectivity index is 1.73. The summed E-state index contributed by atoms with van der Waals surface area (Å²) < 4.78 is 37.7. The predicted octanol–water partition coefficient (Wildman–Crippen LogP) is 4.00. The molecule has 7 heteroatoms. The summed E-state index contributed by atoms with van der Waals surface area (Å²) in [4.78, 5) is 0.259. The van der Waals surface area contributed by atoms with Gasteiger partial charge in [0.25, 0.3) is 10.0 Å². The van der Waals surface area contributed by atoms with E-state index in [0.29, 0.717) is 18.0 Å². The van der Waals surface area contributed by atoms with Gasteiger partial charge in [-0.15, -0.1) is 0 Å². The van der Waals surface area contributed by atoms with Crippen LogP contribution in [-0.2, 0) is 16.6 Å². The van der Waals surface area contributed by atoms with Gasteiger partial charge in [0.2, 0.25) is 0 Å². The largest absolute Gasteiger partial charge is 0.489 e. The molecule has 1 heterocycles. The summed E-state index contributed by atoms with van der Waals surface area (Å²) in [6, 6.07) is 13.7. The second-order valence-corrected chi connectivity index (χ2v) is 8.34. The first kappa shape index (κ1) is 19.0. The topological polar surface area (TPSA) is 72.6 Å². The first-order valence-corrected chi connectivity index (χ1v) is 9.93. The monoisotopic (exact) mass is 386 g/mol. The number of hydrogen-bond donors (Lipinski definition) is 0. The van der Waals surface area contributed by atoms with E-state index in [1.54, 1.807) is 48.5 Å². The van der Waals surface area contributed by atoms with Crippen molar-refractivity contribution in [3.05, 3.63) is 71.1 Å². The first-order chi connectivity index (χ1) is 12.8. The highest BCUT2D eigenvalue weighted by Gasteiger charge is 2.21. The average Bonchev–Trinajstić information content (AvgIpc) is 2.98. The maximum Gasteiger partial charge on any atom is 0.264 e. The lowest BCUT2D eigenvalue weighted by Gasteiger charge is -2.20. The molecule has 2 aromatic carbocycles. The van der Waals surface area contributed by atoms with Crippen LogP contribution in [0.3, 0.4) is 0 Å². The molecule has 6 nitrogen and oxygen atoms in total. The van der Waals surface area contributed by atoms with E-state index in [2.05, 4.69) is 5.16 Å². The van der Waals surface area contributed by atoms with Crippen molar-refractivity contribution in [2.75, 3.05) is 11.4 Å². The molecule has 0 amide bonds. The van der Waals surface area contributed by atoms with E-state index in [9.17, 15) is 8.42 Å². The Bertz CT molecular complexity index is 1000. The van der Waals surface area contributed by atoms with Gasteiger partial charge in [-0.25, -0.2) is 8.42 Å². The van der Waals surface area contributed by atoms with Crippen LogP contribution in [0.15, 0.2) is 57.9 Å². The molecule has 142 valence electrons. The Morgan fingerprint density at radius 1 is 1.00 bits per heavy atom. The van der Waals surface area contributed by atoms with Gasteiger partial charge in [-0.1, -0.05) is 22.9 Å². The van der Waals surface area contributed by atoms with Crippen LogP contribution in [0, 0.1) is 20.8 Å². The highest BCUT2D eigenvalue weighted by atomic mass is 32.2. The lowest BCUT2D eigenvalue weighted by Crippen LogP contribution is -2.26. The van der Waals surface area contributed by atoms with E-state index in [4.69, 9.17) is 9.26 Å². The zero-order chi connectivity index (χ0) is 19.6. The van der Waals surface area contributed by atoms with Gasteiger partial charge >= 0.3 is 0 Å². The number of ether oxygens (including phenoxy) is 1. The SMILES string of the molecule is Cc1ccc(S(=O)(=O)N(C)c2ccc(OCc3c(C)noc3C)cc2)cc1. The highest BCUT2D eigenvalue weighted by Crippen LogP contribution is 2.25. The van der Waals surface area contributed by atoms with Crippen molar-refractivity contribution < 1.29 is 17.7 Å². The smallest absolute Gasteiger partial charge is 0.264 e. The molecule has 0 aliphatic carbocycles. The van der Waals surface area contributed by atoms with Gasteiger partial charge in [0.05, 0.1) is 21.8 Å². The Labute approximate surface area is 159 Å². The Morgan fingerprint density at radius 2 is 1.63 bits per heavy atom. The summed E-state index contributed by atoms with van der Waals surface area (Å²) >= 11 is 0. The minimum absolute atomic E-state index is 0.259. The number of aryl methyl sites for hydroxylation is 3. The van der Waals surface area contributed by atoms with E-state index >= 15 is 0 Å². The van der Waals surface area contributed by atoms with Crippen LogP contribution in [0.5, 0.6) is 5.75 Å². The molecule has 0 fully saturated rings. The number of rotatable bonds is 6. The fraction of sp³-hybridized carbons (Fsp3) is 0.250. The van der Waals surface area contributed by atoms with Gasteiger partial charge in [0, 0.05) is 7.05 Å². The molecule has 0 radical (unpaired) electrons. The summed E-state index contributed by atoms with van der Waals surface area (Å²) in [6.07, 6.45) is 0. The van der Waals surface area contributed by atoms with Crippen molar-refractivity contribution in [3.8, 4) is 5.75 Å². The number of hydrogen-bond acceptors (Lipinski definition) is 5. The zero-order valence-electron chi connectivity index (χ0n) is 15.8. The molecule has 0 aliphatic rings. The zero-order valence-corrected chi connectivity index (χ0v) is 16.6. The van der Waals surface area contributed by atoms with Gasteiger partial charge in [-0.05, 0) is 57.2 Å². The molecule has 0 atom stereocenters. The van der Waals surface area contributed by atoms with Crippen molar-refractivity contribution >= 4 is 15.7 Å². The summed E-state index contributed by atoms with van der Waals surface area (Å²) in [5.41, 5.74) is 3.28. The number of anilines is 1. The van der Waals surface area contributed by atoms with E-state index in [-0.39, 0.29) is 4.90 Å². The lowest BCUT2D eigenvalue weighted by atomic mass is 10.2. The third-order valence-electron chi connectivity index (χ3n) is 4.44. The minimum Gasteiger partial charge on any atom is -0.489 e. The van der Waals surface area contributed by atoms with Crippen molar-refractivity contribution in [1.29, 1.82) is 0 Å². The Kier molecular flexibility index (Phi) is 5.23. The van der Waals surface area contributed by atoms with Crippen molar-refractivity contribution in [2.24, 2.45) is 0 Å². The number of aromatic nitrogens is 1. The van der Waals surface area contributed by atoms with Crippen LogP contribution in [0.1, 0.15) is 22.6 Å². The average molecular weight is 386 g/mol. The van der Waals surface area contributed by atoms with E-state index in [0.717, 1.165) is 22.6 Å². The molecule has 0 saturated heterocycles. The highest BCUT2D eigenvalue weighted by molar-refractivity contribution is 7.92. The third kappa shape index (κ3) is 3.98. The second kappa shape index (κ2) is 7.44. The lowest BCUT2D eigenvalue weighted by molar-refractivity contribution is 0.302. The van der Waals surface area contributed by atoms with Crippen LogP contribution >= 0.6 is 0 Å². The summed E-state index contributed by atoms with van der Waals surface area (Å²) in [7, 11) is -2.07. The molecule has 0 N–H and O–H groups in total. The quantitative estimate of drug-likeness (QED) is 0.640. The molecule has 3 rings (SSSR count). The molecular formula is C20H22N2O4S. The van der Waals surface area contributed by atoms with E-state index in [1.807, 2.05) is 20.8 Å². The standard InChI is InChI=1S/C20H22N2O4S/c1-14-5-11-19(12-6-14)27(23,24)22(4)17-7-9-18(10-8-17)25-13-20-15(2)21-26-16(20)3/h5-12H,13H2,1-4H3. The fourth-order valence-electron chi connectivity index (χ4n) is 2.62. The minimum atomic E-state index is -3.61. The summed E-state index contributed by atoms with van der Waals surface area (Å²) in [5, 5.41) is 3.90. The first-order valence-electron chi connectivity index (χ1n) is 8.49. The van der Waals surface area contributed by atoms with Gasteiger partial charge in [-0.3, -0.25) is 4.31 Å². The van der Waals surface area contributed by atoms with Crippen LogP contribution in [0.2, 0.25) is 0 Å². The summed E-state index contributed by atoms with van der Waals surface area (Å²) in [5.74, 6) is 1.37. The second-order valence-electron chi connectivity index (χ2n) is 6.37. The van der Waals surface area contributed by atoms with E-state index < -0.39 is 10.0 Å². The molecule has 0 aliphatic heterocycles. The van der Waals surface area contributed by atoms with Crippen molar-refractivity contribution in [1.82, 2.24) is 5.16 Å². The van der Waals surface area contributed by atoms with Crippen LogP contribution in [0.4, 0.5) is 5.69 Å². The van der Waals surface area contributed by atoms with Crippen LogP contribution in [0.25, 0.3) is 0 Å². The molecule has 0 bridgehead atoms. The van der Waals surface area contributed by atoms with E-state index in [1.165, 1.54) is 11.4 Å². The van der Waals surface area contributed by atoms with Gasteiger partial charge < -0.3 is 9.26 Å². The molecular weight excluding hydrogens is 364 g/mol. The number of benzene rings is 2. The molecule has 0 spiro atoms. The molecule has 27 heavy (non-hydrogen) atoms. The van der Waals surface area contributed by atoms with Crippen molar-refractivity contribution in [2.45, 2.75) is 32.3 Å². The Morgan fingerprint density at radius 3 is 2.19 bits per heavy atom. The molecule has 1 aromatic heterocycles.